The Morgan fingerprint density at radius 2 is 2.11 bits per heavy atom. The molecule has 0 aliphatic rings. The van der Waals surface area contributed by atoms with E-state index in [1.165, 1.54) is 0 Å². The standard InChI is InChI=1S/C8H13N2O8P/c11-3-6(17-5-19(14,15)16)4-18-10-2-1-7(12)9-8(10)13/h1-2,6,11H,3-5H2,(H,9,12,13)(H2,14,15,16)/t6-/m1/s1. The van der Waals surface area contributed by atoms with Crippen molar-refractivity contribution in [3.05, 3.63) is 33.1 Å². The Morgan fingerprint density at radius 1 is 1.42 bits per heavy atom. The fourth-order valence-electron chi connectivity index (χ4n) is 1.03. The summed E-state index contributed by atoms with van der Waals surface area (Å²) in [6.45, 7) is -0.888. The fraction of sp³-hybridized carbons (Fsp3) is 0.500. The molecule has 10 nitrogen and oxygen atoms in total. The van der Waals surface area contributed by atoms with Crippen molar-refractivity contribution in [2.45, 2.75) is 6.10 Å². The Hall–Kier alpha value is -1.45. The van der Waals surface area contributed by atoms with Gasteiger partial charge in [0.15, 0.2) is 0 Å². The van der Waals surface area contributed by atoms with Crippen molar-refractivity contribution in [3.8, 4) is 0 Å². The van der Waals surface area contributed by atoms with Gasteiger partial charge in [0.25, 0.3) is 5.56 Å². The molecule has 0 fully saturated rings. The van der Waals surface area contributed by atoms with E-state index in [4.69, 9.17) is 24.5 Å². The van der Waals surface area contributed by atoms with E-state index in [2.05, 4.69) is 0 Å². The number of ether oxygens (including phenoxy) is 1. The number of aromatic nitrogens is 2. The number of aromatic amines is 1. The van der Waals surface area contributed by atoms with Crippen molar-refractivity contribution in [2.75, 3.05) is 19.6 Å². The molecule has 1 heterocycles. The topological polar surface area (TPSA) is 151 Å². The molecular formula is C8H13N2O8P. The van der Waals surface area contributed by atoms with Crippen molar-refractivity contribution in [1.29, 1.82) is 0 Å². The van der Waals surface area contributed by atoms with Crippen LogP contribution in [0.15, 0.2) is 21.9 Å². The van der Waals surface area contributed by atoms with E-state index in [0.717, 1.165) is 12.3 Å². The van der Waals surface area contributed by atoms with Crippen LogP contribution in [0.2, 0.25) is 0 Å². The van der Waals surface area contributed by atoms with Gasteiger partial charge in [0.2, 0.25) is 0 Å². The number of hydrogen-bond acceptors (Lipinski definition) is 6. The van der Waals surface area contributed by atoms with Gasteiger partial charge in [-0.1, -0.05) is 0 Å². The van der Waals surface area contributed by atoms with Gasteiger partial charge in [-0.05, 0) is 0 Å². The molecule has 0 aromatic carbocycles. The van der Waals surface area contributed by atoms with Crippen molar-refractivity contribution in [3.63, 3.8) is 0 Å². The summed E-state index contributed by atoms with van der Waals surface area (Å²) in [6.07, 6.45) is -0.827. The zero-order chi connectivity index (χ0) is 14.5. The Labute approximate surface area is 106 Å². The first-order valence-corrected chi connectivity index (χ1v) is 6.84. The number of nitrogens with one attached hydrogen (secondary N) is 1. The number of nitrogens with zero attached hydrogens (tertiary/aromatic N) is 1. The molecular weight excluding hydrogens is 283 g/mol. The van der Waals surface area contributed by atoms with Crippen LogP contribution in [0.4, 0.5) is 0 Å². The van der Waals surface area contributed by atoms with Gasteiger partial charge in [0.05, 0.1) is 12.8 Å². The summed E-state index contributed by atoms with van der Waals surface area (Å²) in [5.41, 5.74) is -1.42. The van der Waals surface area contributed by atoms with Crippen molar-refractivity contribution in [1.82, 2.24) is 9.71 Å². The van der Waals surface area contributed by atoms with E-state index >= 15 is 0 Å². The number of hydrogen-bond donors (Lipinski definition) is 4. The van der Waals surface area contributed by atoms with Gasteiger partial charge in [-0.3, -0.25) is 14.3 Å². The van der Waals surface area contributed by atoms with Crippen LogP contribution in [0.5, 0.6) is 0 Å². The van der Waals surface area contributed by atoms with Crippen molar-refractivity contribution >= 4 is 7.60 Å². The SMILES string of the molecule is O=c1ccn(OC[C@@H](CO)OCP(=O)(O)O)c(=O)[nH]1. The Balaban J connectivity index is 2.56. The van der Waals surface area contributed by atoms with Crippen LogP contribution in [0.25, 0.3) is 0 Å². The Kier molecular flexibility index (Phi) is 5.45. The van der Waals surface area contributed by atoms with Gasteiger partial charge >= 0.3 is 13.3 Å². The maximum atomic E-state index is 11.2. The van der Waals surface area contributed by atoms with Crippen LogP contribution < -0.4 is 16.1 Å². The summed E-state index contributed by atoms with van der Waals surface area (Å²) < 4.78 is 16.0. The smallest absolute Gasteiger partial charge is 0.361 e. The highest BCUT2D eigenvalue weighted by molar-refractivity contribution is 7.51. The first kappa shape index (κ1) is 15.6. The summed E-state index contributed by atoms with van der Waals surface area (Å²) in [5, 5.41) is 8.91. The summed E-state index contributed by atoms with van der Waals surface area (Å²) in [7, 11) is -4.35. The van der Waals surface area contributed by atoms with Gasteiger partial charge in [0.1, 0.15) is 19.1 Å². The molecule has 108 valence electrons. The molecule has 0 unspecified atom stereocenters. The summed E-state index contributed by atoms with van der Waals surface area (Å²) in [5.74, 6) is 0. The lowest BCUT2D eigenvalue weighted by atomic mass is 10.4. The molecule has 11 heteroatoms. The summed E-state index contributed by atoms with van der Waals surface area (Å²) in [6, 6.07) is 1.05. The maximum Gasteiger partial charge on any atom is 0.361 e. The molecule has 0 saturated carbocycles. The van der Waals surface area contributed by atoms with Gasteiger partial charge in [-0.2, -0.15) is 0 Å². The van der Waals surface area contributed by atoms with E-state index < -0.39 is 37.9 Å². The number of rotatable bonds is 7. The normalized spacial score (nSPS) is 13.2. The van der Waals surface area contributed by atoms with Gasteiger partial charge in [0, 0.05) is 6.07 Å². The average molecular weight is 296 g/mol. The largest absolute Gasteiger partial charge is 0.407 e. The van der Waals surface area contributed by atoms with Gasteiger partial charge in [-0.25, -0.2) is 4.79 Å². The van der Waals surface area contributed by atoms with Crippen LogP contribution in [-0.2, 0) is 9.30 Å². The number of aliphatic hydroxyl groups is 1. The van der Waals surface area contributed by atoms with Gasteiger partial charge in [-0.15, -0.1) is 4.73 Å². The minimum atomic E-state index is -4.35. The quantitative estimate of drug-likeness (QED) is 0.402. The molecule has 19 heavy (non-hydrogen) atoms. The molecule has 1 rings (SSSR count). The molecule has 0 amide bonds. The molecule has 0 spiro atoms. The van der Waals surface area contributed by atoms with E-state index in [9.17, 15) is 14.2 Å². The second-order valence-electron chi connectivity index (χ2n) is 3.50. The fourth-order valence-corrected chi connectivity index (χ4v) is 1.43. The third kappa shape index (κ3) is 5.81. The van der Waals surface area contributed by atoms with Gasteiger partial charge < -0.3 is 24.5 Å². The molecule has 0 bridgehead atoms. The predicted octanol–water partition coefficient (Wildman–Crippen LogP) is -2.52. The molecule has 0 aliphatic carbocycles. The van der Waals surface area contributed by atoms with E-state index in [0.29, 0.717) is 4.73 Å². The third-order valence-corrected chi connectivity index (χ3v) is 2.36. The second-order valence-corrected chi connectivity index (χ2v) is 5.08. The molecule has 1 aromatic heterocycles. The predicted molar refractivity (Wildman–Crippen MR) is 61.6 cm³/mol. The molecule has 0 radical (unpaired) electrons. The van der Waals surface area contributed by atoms with Crippen LogP contribution in [0, 0.1) is 0 Å². The lowest BCUT2D eigenvalue weighted by molar-refractivity contribution is -0.0376. The minimum absolute atomic E-state index is 0.331. The molecule has 4 N–H and O–H groups in total. The lowest BCUT2D eigenvalue weighted by Crippen LogP contribution is -2.37. The average Bonchev–Trinajstić information content (AvgIpc) is 2.30. The van der Waals surface area contributed by atoms with Crippen LogP contribution >= 0.6 is 7.60 Å². The highest BCUT2D eigenvalue weighted by Gasteiger charge is 2.18. The molecule has 1 atom stereocenters. The zero-order valence-electron chi connectivity index (χ0n) is 9.63. The first-order valence-electron chi connectivity index (χ1n) is 5.04. The van der Waals surface area contributed by atoms with E-state index in [-0.39, 0.29) is 6.61 Å². The second kappa shape index (κ2) is 6.64. The molecule has 0 saturated heterocycles. The van der Waals surface area contributed by atoms with Crippen LogP contribution in [0.3, 0.4) is 0 Å². The van der Waals surface area contributed by atoms with Crippen molar-refractivity contribution in [2.24, 2.45) is 0 Å². The molecule has 0 aliphatic heterocycles. The highest BCUT2D eigenvalue weighted by Crippen LogP contribution is 2.34. The first-order chi connectivity index (χ1) is 8.81. The Morgan fingerprint density at radius 3 is 2.63 bits per heavy atom. The van der Waals surface area contributed by atoms with Crippen molar-refractivity contribution < 1.29 is 29.0 Å². The number of H-pyrrole nitrogens is 1. The Bertz CT molecular complexity index is 560. The minimum Gasteiger partial charge on any atom is -0.407 e. The highest BCUT2D eigenvalue weighted by atomic mass is 31.2. The lowest BCUT2D eigenvalue weighted by Gasteiger charge is -2.16. The third-order valence-electron chi connectivity index (χ3n) is 1.87. The number of aliphatic hydroxyl groups excluding tert-OH is 1. The summed E-state index contributed by atoms with van der Waals surface area (Å²) in [4.78, 5) is 46.0. The van der Waals surface area contributed by atoms with Crippen LogP contribution in [-0.4, -0.2) is 50.3 Å². The zero-order valence-corrected chi connectivity index (χ0v) is 10.5. The molecule has 1 aromatic rings. The van der Waals surface area contributed by atoms with E-state index in [1.54, 1.807) is 0 Å². The van der Waals surface area contributed by atoms with Crippen LogP contribution in [0.1, 0.15) is 0 Å². The maximum absolute atomic E-state index is 11.2. The van der Waals surface area contributed by atoms with E-state index in [1.807, 2.05) is 4.98 Å². The monoisotopic (exact) mass is 296 g/mol. The summed E-state index contributed by atoms with van der Waals surface area (Å²) >= 11 is 0.